The van der Waals surface area contributed by atoms with Crippen LogP contribution in [0.15, 0.2) is 50.2 Å². The standard InChI is InChI=1S/C15H12BrNO2/c1-9-13(15(18)19-17-9)8-11-7-6-10-4-2-3-5-12(10)14(11)16/h2-7,17H,8H2,1H3. The summed E-state index contributed by atoms with van der Waals surface area (Å²) in [7, 11) is 0. The van der Waals surface area contributed by atoms with E-state index in [9.17, 15) is 4.79 Å². The van der Waals surface area contributed by atoms with Gasteiger partial charge in [-0.2, -0.15) is 0 Å². The minimum atomic E-state index is -0.294. The molecule has 0 saturated heterocycles. The third-order valence-corrected chi connectivity index (χ3v) is 4.24. The SMILES string of the molecule is Cc1[nH]oc(=O)c1Cc1ccc2ccccc2c1Br. The third-order valence-electron chi connectivity index (χ3n) is 3.31. The summed E-state index contributed by atoms with van der Waals surface area (Å²) in [6.07, 6.45) is 0.559. The number of hydrogen-bond donors (Lipinski definition) is 1. The zero-order chi connectivity index (χ0) is 13.4. The molecular formula is C15H12BrNO2. The second kappa shape index (κ2) is 4.70. The maximum Gasteiger partial charge on any atom is 0.360 e. The summed E-state index contributed by atoms with van der Waals surface area (Å²) in [4.78, 5) is 11.6. The summed E-state index contributed by atoms with van der Waals surface area (Å²) in [5, 5.41) is 4.94. The fourth-order valence-electron chi connectivity index (χ4n) is 2.21. The second-order valence-electron chi connectivity index (χ2n) is 4.53. The van der Waals surface area contributed by atoms with E-state index in [-0.39, 0.29) is 5.63 Å². The average molecular weight is 318 g/mol. The van der Waals surface area contributed by atoms with Crippen LogP contribution in [0.4, 0.5) is 0 Å². The fourth-order valence-corrected chi connectivity index (χ4v) is 2.84. The van der Waals surface area contributed by atoms with Crippen molar-refractivity contribution in [3.8, 4) is 0 Å². The summed E-state index contributed by atoms with van der Waals surface area (Å²) >= 11 is 3.63. The predicted molar refractivity (Wildman–Crippen MR) is 78.5 cm³/mol. The van der Waals surface area contributed by atoms with Gasteiger partial charge in [-0.05, 0) is 39.2 Å². The first-order valence-electron chi connectivity index (χ1n) is 6.00. The first-order valence-corrected chi connectivity index (χ1v) is 6.79. The molecule has 0 aliphatic carbocycles. The lowest BCUT2D eigenvalue weighted by Crippen LogP contribution is -2.04. The van der Waals surface area contributed by atoms with Crippen LogP contribution in [-0.4, -0.2) is 5.16 Å². The molecule has 0 fully saturated rings. The number of aryl methyl sites for hydroxylation is 1. The molecule has 0 atom stereocenters. The number of hydrogen-bond acceptors (Lipinski definition) is 2. The molecule has 0 radical (unpaired) electrons. The molecule has 0 aliphatic rings. The Bertz CT molecular complexity index is 801. The molecule has 0 saturated carbocycles. The summed E-state index contributed by atoms with van der Waals surface area (Å²) in [6, 6.07) is 12.3. The Morgan fingerprint density at radius 1 is 1.21 bits per heavy atom. The van der Waals surface area contributed by atoms with E-state index in [1.54, 1.807) is 0 Å². The molecule has 2 aromatic carbocycles. The van der Waals surface area contributed by atoms with Crippen molar-refractivity contribution in [1.29, 1.82) is 0 Å². The van der Waals surface area contributed by atoms with E-state index in [1.165, 1.54) is 5.39 Å². The maximum absolute atomic E-state index is 11.6. The molecule has 1 aromatic heterocycles. The van der Waals surface area contributed by atoms with Crippen molar-refractivity contribution in [1.82, 2.24) is 5.16 Å². The Hall–Kier alpha value is -1.81. The number of fused-ring (bicyclic) bond motifs is 1. The lowest BCUT2D eigenvalue weighted by Gasteiger charge is -2.07. The number of nitrogens with one attached hydrogen (secondary N) is 1. The predicted octanol–water partition coefficient (Wildman–Crippen LogP) is 3.78. The van der Waals surface area contributed by atoms with Gasteiger partial charge in [-0.25, -0.2) is 9.95 Å². The summed E-state index contributed by atoms with van der Waals surface area (Å²) in [5.74, 6) is 0. The number of H-pyrrole nitrogens is 1. The molecule has 0 bridgehead atoms. The van der Waals surface area contributed by atoms with Crippen LogP contribution in [0, 0.1) is 6.92 Å². The quantitative estimate of drug-likeness (QED) is 0.781. The molecule has 0 aliphatic heterocycles. The Labute approximate surface area is 118 Å². The minimum Gasteiger partial charge on any atom is -0.339 e. The van der Waals surface area contributed by atoms with Gasteiger partial charge in [0.25, 0.3) is 0 Å². The highest BCUT2D eigenvalue weighted by atomic mass is 79.9. The van der Waals surface area contributed by atoms with Gasteiger partial charge in [-0.1, -0.05) is 36.4 Å². The van der Waals surface area contributed by atoms with Crippen LogP contribution >= 0.6 is 15.9 Å². The maximum atomic E-state index is 11.6. The van der Waals surface area contributed by atoms with Crippen molar-refractivity contribution in [2.75, 3.05) is 0 Å². The third kappa shape index (κ3) is 2.12. The first kappa shape index (κ1) is 12.2. The van der Waals surface area contributed by atoms with E-state index in [0.717, 1.165) is 21.1 Å². The lowest BCUT2D eigenvalue weighted by atomic mass is 10.0. The molecule has 0 amide bonds. The van der Waals surface area contributed by atoms with Crippen molar-refractivity contribution in [3.63, 3.8) is 0 Å². The Balaban J connectivity index is 2.12. The second-order valence-corrected chi connectivity index (χ2v) is 5.32. The highest BCUT2D eigenvalue weighted by Crippen LogP contribution is 2.29. The van der Waals surface area contributed by atoms with Crippen LogP contribution in [-0.2, 0) is 6.42 Å². The smallest absolute Gasteiger partial charge is 0.339 e. The molecule has 3 aromatic rings. The van der Waals surface area contributed by atoms with Gasteiger partial charge in [0.15, 0.2) is 0 Å². The Morgan fingerprint density at radius 2 is 2.00 bits per heavy atom. The van der Waals surface area contributed by atoms with Crippen LogP contribution < -0.4 is 5.63 Å². The highest BCUT2D eigenvalue weighted by molar-refractivity contribution is 9.10. The van der Waals surface area contributed by atoms with Gasteiger partial charge in [0.1, 0.15) is 0 Å². The molecule has 3 rings (SSSR count). The summed E-state index contributed by atoms with van der Waals surface area (Å²) in [5.41, 5.74) is 2.24. The van der Waals surface area contributed by atoms with Crippen LogP contribution in [0.2, 0.25) is 0 Å². The van der Waals surface area contributed by atoms with Crippen molar-refractivity contribution in [2.45, 2.75) is 13.3 Å². The highest BCUT2D eigenvalue weighted by Gasteiger charge is 2.12. The number of halogens is 1. The van der Waals surface area contributed by atoms with Gasteiger partial charge in [-0.15, -0.1) is 0 Å². The van der Waals surface area contributed by atoms with Gasteiger partial charge in [0.2, 0.25) is 0 Å². The van der Waals surface area contributed by atoms with E-state index >= 15 is 0 Å². The molecule has 4 heteroatoms. The summed E-state index contributed by atoms with van der Waals surface area (Å²) < 4.78 is 5.83. The molecule has 0 unspecified atom stereocenters. The van der Waals surface area contributed by atoms with E-state index in [1.807, 2.05) is 25.1 Å². The van der Waals surface area contributed by atoms with Crippen molar-refractivity contribution in [3.05, 3.63) is 68.1 Å². The monoisotopic (exact) mass is 317 g/mol. The Kier molecular flexibility index (Phi) is 3.03. The van der Waals surface area contributed by atoms with E-state index in [2.05, 4.69) is 39.3 Å². The summed E-state index contributed by atoms with van der Waals surface area (Å²) in [6.45, 7) is 1.84. The van der Waals surface area contributed by atoms with Gasteiger partial charge in [0.05, 0.1) is 11.3 Å². The minimum absolute atomic E-state index is 0.294. The largest absolute Gasteiger partial charge is 0.360 e. The first-order chi connectivity index (χ1) is 9.16. The molecular weight excluding hydrogens is 306 g/mol. The van der Waals surface area contributed by atoms with E-state index in [4.69, 9.17) is 4.52 Å². The van der Waals surface area contributed by atoms with Gasteiger partial charge >= 0.3 is 5.63 Å². The van der Waals surface area contributed by atoms with E-state index in [0.29, 0.717) is 12.0 Å². The topological polar surface area (TPSA) is 46.0 Å². The van der Waals surface area contributed by atoms with Crippen LogP contribution in [0.5, 0.6) is 0 Å². The van der Waals surface area contributed by atoms with Gasteiger partial charge < -0.3 is 4.52 Å². The molecule has 19 heavy (non-hydrogen) atoms. The molecule has 0 spiro atoms. The number of benzene rings is 2. The van der Waals surface area contributed by atoms with Crippen LogP contribution in [0.1, 0.15) is 16.8 Å². The van der Waals surface area contributed by atoms with Crippen LogP contribution in [0.3, 0.4) is 0 Å². The van der Waals surface area contributed by atoms with Crippen molar-refractivity contribution < 1.29 is 4.52 Å². The normalized spacial score (nSPS) is 11.1. The number of aromatic amines is 1. The van der Waals surface area contributed by atoms with Gasteiger partial charge in [-0.3, -0.25) is 0 Å². The fraction of sp³-hybridized carbons (Fsp3) is 0.133. The number of rotatable bonds is 2. The molecule has 3 nitrogen and oxygen atoms in total. The van der Waals surface area contributed by atoms with E-state index < -0.39 is 0 Å². The molecule has 96 valence electrons. The number of aromatic nitrogens is 1. The average Bonchev–Trinajstić information content (AvgIpc) is 2.74. The molecule has 1 heterocycles. The van der Waals surface area contributed by atoms with Crippen LogP contribution in [0.25, 0.3) is 10.8 Å². The Morgan fingerprint density at radius 3 is 2.74 bits per heavy atom. The van der Waals surface area contributed by atoms with Crippen molar-refractivity contribution in [2.24, 2.45) is 0 Å². The van der Waals surface area contributed by atoms with Crippen molar-refractivity contribution >= 4 is 26.7 Å². The zero-order valence-electron chi connectivity index (χ0n) is 10.4. The van der Waals surface area contributed by atoms with Gasteiger partial charge in [0, 0.05) is 10.9 Å². The lowest BCUT2D eigenvalue weighted by molar-refractivity contribution is 0.386. The molecule has 1 N–H and O–H groups in total. The zero-order valence-corrected chi connectivity index (χ0v) is 12.0.